The number of anilines is 1. The first-order valence-corrected chi connectivity index (χ1v) is 9.20. The van der Waals surface area contributed by atoms with E-state index in [9.17, 15) is 4.79 Å². The van der Waals surface area contributed by atoms with Gasteiger partial charge in [0.25, 0.3) is 0 Å². The van der Waals surface area contributed by atoms with Gasteiger partial charge in [-0.25, -0.2) is 4.79 Å². The minimum atomic E-state index is -0.0934. The number of carbonyl (C=O) groups is 1. The van der Waals surface area contributed by atoms with Crippen LogP contribution in [0.2, 0.25) is 0 Å². The molecule has 0 unspecified atom stereocenters. The van der Waals surface area contributed by atoms with Crippen molar-refractivity contribution in [3.05, 3.63) is 60.2 Å². The van der Waals surface area contributed by atoms with Crippen LogP contribution >= 0.6 is 0 Å². The Bertz CT molecular complexity index is 913. The van der Waals surface area contributed by atoms with Gasteiger partial charge in [-0.3, -0.25) is 4.98 Å². The Morgan fingerprint density at radius 1 is 1.15 bits per heavy atom. The molecule has 1 aliphatic rings. The van der Waals surface area contributed by atoms with Crippen LogP contribution in [0.4, 0.5) is 10.5 Å². The van der Waals surface area contributed by atoms with Gasteiger partial charge in [-0.2, -0.15) is 0 Å². The number of pyridine rings is 1. The number of rotatable bonds is 2. The van der Waals surface area contributed by atoms with Crippen LogP contribution < -0.4 is 5.32 Å². The van der Waals surface area contributed by atoms with E-state index in [1.807, 2.05) is 54.3 Å². The number of amides is 2. The van der Waals surface area contributed by atoms with Crippen molar-refractivity contribution in [3.8, 4) is 0 Å². The number of hydrogen-bond acceptors (Lipinski definition) is 3. The van der Waals surface area contributed by atoms with Crippen molar-refractivity contribution >= 4 is 22.6 Å². The van der Waals surface area contributed by atoms with E-state index in [4.69, 9.17) is 4.42 Å². The maximum Gasteiger partial charge on any atom is 0.322 e. The van der Waals surface area contributed by atoms with Crippen LogP contribution in [-0.4, -0.2) is 22.5 Å². The maximum atomic E-state index is 13.1. The Morgan fingerprint density at radius 2 is 2.04 bits per heavy atom. The molecule has 2 amide bonds. The molecule has 5 heteroatoms. The van der Waals surface area contributed by atoms with E-state index >= 15 is 0 Å². The average molecular weight is 349 g/mol. The van der Waals surface area contributed by atoms with E-state index < -0.39 is 0 Å². The Morgan fingerprint density at radius 3 is 2.88 bits per heavy atom. The highest BCUT2D eigenvalue weighted by Crippen LogP contribution is 2.32. The number of para-hydroxylation sites is 1. The number of aryl methyl sites for hydroxylation is 1. The smallest absolute Gasteiger partial charge is 0.322 e. The van der Waals surface area contributed by atoms with Crippen LogP contribution in [0.1, 0.15) is 43.2 Å². The lowest BCUT2D eigenvalue weighted by Gasteiger charge is -2.29. The van der Waals surface area contributed by atoms with Gasteiger partial charge in [0.05, 0.1) is 17.2 Å². The Kier molecular flexibility index (Phi) is 4.61. The molecular formula is C21H23N3O2. The molecule has 134 valence electrons. The molecule has 1 aliphatic heterocycles. The Hall–Kier alpha value is -2.82. The fraction of sp³-hybridized carbons (Fsp3) is 0.333. The molecule has 2 aromatic heterocycles. The summed E-state index contributed by atoms with van der Waals surface area (Å²) in [6, 6.07) is 13.6. The summed E-state index contributed by atoms with van der Waals surface area (Å²) < 4.78 is 5.85. The zero-order valence-corrected chi connectivity index (χ0v) is 14.9. The molecule has 0 aliphatic carbocycles. The molecule has 5 nitrogen and oxygen atoms in total. The number of urea groups is 1. The fourth-order valence-corrected chi connectivity index (χ4v) is 3.67. The summed E-state index contributed by atoms with van der Waals surface area (Å²) in [6.45, 7) is 2.67. The minimum Gasteiger partial charge on any atom is -0.464 e. The summed E-state index contributed by atoms with van der Waals surface area (Å²) in [7, 11) is 0. The second-order valence-electron chi connectivity index (χ2n) is 6.82. The van der Waals surface area contributed by atoms with Gasteiger partial charge in [0.2, 0.25) is 0 Å². The molecule has 0 bridgehead atoms. The molecule has 3 aromatic rings. The Balaban J connectivity index is 1.62. The molecule has 3 heterocycles. The minimum absolute atomic E-state index is 0.0193. The number of nitrogens with zero attached hydrogens (tertiary/aromatic N) is 2. The number of nitrogens with one attached hydrogen (secondary N) is 1. The number of furan rings is 1. The van der Waals surface area contributed by atoms with Gasteiger partial charge in [-0.15, -0.1) is 0 Å². The largest absolute Gasteiger partial charge is 0.464 e. The SMILES string of the molecule is Cc1ccc([C@H]2CCCCCN2C(=O)Nc2cccc3cccnc23)o1. The third kappa shape index (κ3) is 3.29. The molecule has 1 saturated heterocycles. The summed E-state index contributed by atoms with van der Waals surface area (Å²) in [5.41, 5.74) is 1.55. The third-order valence-corrected chi connectivity index (χ3v) is 4.98. The van der Waals surface area contributed by atoms with Crippen molar-refractivity contribution in [2.75, 3.05) is 11.9 Å². The lowest BCUT2D eigenvalue weighted by atomic mass is 10.1. The third-order valence-electron chi connectivity index (χ3n) is 4.98. The van der Waals surface area contributed by atoms with Crippen LogP contribution in [0, 0.1) is 6.92 Å². The van der Waals surface area contributed by atoms with Gasteiger partial charge < -0.3 is 14.6 Å². The molecular weight excluding hydrogens is 326 g/mol. The van der Waals surface area contributed by atoms with Gasteiger partial charge in [-0.05, 0) is 44.0 Å². The van der Waals surface area contributed by atoms with E-state index in [0.29, 0.717) is 0 Å². The first-order valence-electron chi connectivity index (χ1n) is 9.20. The van der Waals surface area contributed by atoms with Gasteiger partial charge in [0.15, 0.2) is 0 Å². The van der Waals surface area contributed by atoms with E-state index in [-0.39, 0.29) is 12.1 Å². The van der Waals surface area contributed by atoms with Gasteiger partial charge in [0.1, 0.15) is 11.5 Å². The molecule has 1 fully saturated rings. The summed E-state index contributed by atoms with van der Waals surface area (Å²) in [6.07, 6.45) is 5.92. The van der Waals surface area contributed by atoms with Crippen LogP contribution in [0.5, 0.6) is 0 Å². The number of carbonyl (C=O) groups excluding carboxylic acids is 1. The topological polar surface area (TPSA) is 58.4 Å². The summed E-state index contributed by atoms with van der Waals surface area (Å²) in [5.74, 6) is 1.75. The average Bonchev–Trinajstić information content (AvgIpc) is 2.93. The standard InChI is InChI=1S/C21H23N3O2/c1-15-11-12-19(26-15)18-10-3-2-4-14-24(18)21(25)23-17-9-5-7-16-8-6-13-22-20(16)17/h5-9,11-13,18H,2-4,10,14H2,1H3,(H,23,25)/t18-/m1/s1. The molecule has 0 radical (unpaired) electrons. The number of benzene rings is 1. The predicted molar refractivity (Wildman–Crippen MR) is 102 cm³/mol. The zero-order valence-electron chi connectivity index (χ0n) is 14.9. The normalized spacial score (nSPS) is 17.9. The first-order chi connectivity index (χ1) is 12.7. The van der Waals surface area contributed by atoms with Crippen LogP contribution in [0.25, 0.3) is 10.9 Å². The number of likely N-dealkylation sites (tertiary alicyclic amines) is 1. The molecule has 26 heavy (non-hydrogen) atoms. The molecule has 1 aromatic carbocycles. The molecule has 1 atom stereocenters. The number of aromatic nitrogens is 1. The highest BCUT2D eigenvalue weighted by molar-refractivity contribution is 5.99. The quantitative estimate of drug-likeness (QED) is 0.684. The zero-order chi connectivity index (χ0) is 17.9. The Labute approximate surface area is 153 Å². The lowest BCUT2D eigenvalue weighted by Crippen LogP contribution is -2.38. The van der Waals surface area contributed by atoms with Gasteiger partial charge in [-0.1, -0.05) is 31.0 Å². The second kappa shape index (κ2) is 7.20. The van der Waals surface area contributed by atoms with Crippen molar-refractivity contribution in [1.82, 2.24) is 9.88 Å². The number of hydrogen-bond donors (Lipinski definition) is 1. The van der Waals surface area contributed by atoms with Gasteiger partial charge in [0, 0.05) is 18.1 Å². The maximum absolute atomic E-state index is 13.1. The van der Waals surface area contributed by atoms with Crippen molar-refractivity contribution in [1.29, 1.82) is 0 Å². The highest BCUT2D eigenvalue weighted by atomic mass is 16.3. The molecule has 0 saturated carbocycles. The number of fused-ring (bicyclic) bond motifs is 1. The highest BCUT2D eigenvalue weighted by Gasteiger charge is 2.29. The summed E-state index contributed by atoms with van der Waals surface area (Å²) in [4.78, 5) is 19.4. The molecule has 0 spiro atoms. The van der Waals surface area contributed by atoms with E-state index in [2.05, 4.69) is 10.3 Å². The summed E-state index contributed by atoms with van der Waals surface area (Å²) in [5, 5.41) is 4.09. The molecule has 4 rings (SSSR count). The van der Waals surface area contributed by atoms with Crippen molar-refractivity contribution in [3.63, 3.8) is 0 Å². The fourth-order valence-electron chi connectivity index (χ4n) is 3.67. The van der Waals surface area contributed by atoms with E-state index in [1.165, 1.54) is 0 Å². The van der Waals surface area contributed by atoms with Crippen molar-refractivity contribution in [2.24, 2.45) is 0 Å². The van der Waals surface area contributed by atoms with Crippen LogP contribution in [-0.2, 0) is 0 Å². The van der Waals surface area contributed by atoms with Crippen LogP contribution in [0.15, 0.2) is 53.1 Å². The monoisotopic (exact) mass is 349 g/mol. The lowest BCUT2D eigenvalue weighted by molar-refractivity contribution is 0.178. The van der Waals surface area contributed by atoms with E-state index in [1.54, 1.807) is 6.20 Å². The van der Waals surface area contributed by atoms with Crippen molar-refractivity contribution in [2.45, 2.75) is 38.6 Å². The van der Waals surface area contributed by atoms with Crippen molar-refractivity contribution < 1.29 is 9.21 Å². The molecule has 1 N–H and O–H groups in total. The van der Waals surface area contributed by atoms with Crippen LogP contribution in [0.3, 0.4) is 0 Å². The predicted octanol–water partition coefficient (Wildman–Crippen LogP) is 5.29. The van der Waals surface area contributed by atoms with E-state index in [0.717, 1.165) is 60.3 Å². The van der Waals surface area contributed by atoms with Gasteiger partial charge >= 0.3 is 6.03 Å². The summed E-state index contributed by atoms with van der Waals surface area (Å²) >= 11 is 0. The first kappa shape index (κ1) is 16.6. The second-order valence-corrected chi connectivity index (χ2v) is 6.82.